The largest absolute Gasteiger partial charge is 0.312 e. The van der Waals surface area contributed by atoms with E-state index in [9.17, 15) is 22.0 Å². The van der Waals surface area contributed by atoms with Crippen LogP contribution in [0.15, 0.2) is 30.3 Å². The normalized spacial score (nSPS) is 14.1. The van der Waals surface area contributed by atoms with Crippen molar-refractivity contribution in [1.82, 2.24) is 0 Å². The molecule has 0 spiro atoms. The second-order valence-corrected chi connectivity index (χ2v) is 8.66. The Kier molecular flexibility index (Phi) is 5.69. The predicted molar refractivity (Wildman–Crippen MR) is 105 cm³/mol. The lowest BCUT2D eigenvalue weighted by Gasteiger charge is -2.29. The van der Waals surface area contributed by atoms with Crippen molar-refractivity contribution in [2.24, 2.45) is 0 Å². The third kappa shape index (κ3) is 4.32. The number of fused-ring (bicyclic) bond motifs is 1. The average molecular weight is 408 g/mol. The molecule has 1 N–H and O–H groups in total. The quantitative estimate of drug-likeness (QED) is 0.788. The molecule has 2 aromatic rings. The van der Waals surface area contributed by atoms with Gasteiger partial charge in [-0.3, -0.25) is 9.52 Å². The number of halogens is 2. The number of amides is 1. The lowest BCUT2D eigenvalue weighted by Crippen LogP contribution is -2.35. The summed E-state index contributed by atoms with van der Waals surface area (Å²) in [5.74, 6) is -2.04. The summed E-state index contributed by atoms with van der Waals surface area (Å²) in [7, 11) is -3.86. The Labute approximate surface area is 163 Å². The molecule has 8 heteroatoms. The molecule has 0 fully saturated rings. The number of hydrogen-bond acceptors (Lipinski definition) is 3. The van der Waals surface area contributed by atoms with Crippen LogP contribution in [-0.4, -0.2) is 20.9 Å². The molecular weight excluding hydrogens is 386 g/mol. The Bertz CT molecular complexity index is 999. The monoisotopic (exact) mass is 408 g/mol. The summed E-state index contributed by atoms with van der Waals surface area (Å²) in [6.45, 7) is 3.89. The SMILES string of the molecule is CCCN1C(=O)CCc2cc(NS(=O)(=O)Cc3cc(F)c(C)c(F)c3)ccc21. The molecule has 0 unspecified atom stereocenters. The highest BCUT2D eigenvalue weighted by atomic mass is 32.2. The minimum atomic E-state index is -3.86. The minimum absolute atomic E-state index is 0.0331. The van der Waals surface area contributed by atoms with Crippen LogP contribution < -0.4 is 9.62 Å². The molecule has 0 saturated heterocycles. The Morgan fingerprint density at radius 1 is 1.11 bits per heavy atom. The third-order valence-corrected chi connectivity index (χ3v) is 5.96. The van der Waals surface area contributed by atoms with Crippen LogP contribution in [0.4, 0.5) is 20.2 Å². The molecule has 2 aromatic carbocycles. The van der Waals surface area contributed by atoms with Gasteiger partial charge in [0, 0.05) is 29.9 Å². The van der Waals surface area contributed by atoms with Gasteiger partial charge in [-0.1, -0.05) is 6.92 Å². The average Bonchev–Trinajstić information content (AvgIpc) is 2.61. The molecule has 0 saturated carbocycles. The van der Waals surface area contributed by atoms with Crippen molar-refractivity contribution in [3.63, 3.8) is 0 Å². The highest BCUT2D eigenvalue weighted by Gasteiger charge is 2.24. The predicted octanol–water partition coefficient (Wildman–Crippen LogP) is 3.90. The summed E-state index contributed by atoms with van der Waals surface area (Å²) >= 11 is 0. The van der Waals surface area contributed by atoms with Crippen molar-refractivity contribution in [2.45, 2.75) is 38.9 Å². The van der Waals surface area contributed by atoms with Crippen molar-refractivity contribution in [3.05, 3.63) is 58.7 Å². The fourth-order valence-electron chi connectivity index (χ4n) is 3.31. The number of nitrogens with zero attached hydrogens (tertiary/aromatic N) is 1. The van der Waals surface area contributed by atoms with Gasteiger partial charge < -0.3 is 4.90 Å². The van der Waals surface area contributed by atoms with E-state index < -0.39 is 27.4 Å². The second-order valence-electron chi connectivity index (χ2n) is 6.93. The fourth-order valence-corrected chi connectivity index (χ4v) is 4.47. The summed E-state index contributed by atoms with van der Waals surface area (Å²) in [5, 5.41) is 0. The van der Waals surface area contributed by atoms with Gasteiger partial charge in [0.15, 0.2) is 0 Å². The van der Waals surface area contributed by atoms with Gasteiger partial charge >= 0.3 is 0 Å². The van der Waals surface area contributed by atoms with Crippen molar-refractivity contribution >= 4 is 27.3 Å². The standard InChI is InChI=1S/C20H22F2N2O3S/c1-3-8-24-19-6-5-16(11-15(19)4-7-20(24)25)23-28(26,27)12-14-9-17(21)13(2)18(22)10-14/h5-6,9-11,23H,3-4,7-8,12H2,1-2H3. The van der Waals surface area contributed by atoms with Gasteiger partial charge in [0.05, 0.1) is 5.75 Å². The number of hydrogen-bond donors (Lipinski definition) is 1. The summed E-state index contributed by atoms with van der Waals surface area (Å²) in [6.07, 6.45) is 1.74. The molecule has 1 aliphatic heterocycles. The van der Waals surface area contributed by atoms with E-state index in [4.69, 9.17) is 0 Å². The van der Waals surface area contributed by atoms with Gasteiger partial charge in [0.25, 0.3) is 0 Å². The van der Waals surface area contributed by atoms with Gasteiger partial charge in [-0.15, -0.1) is 0 Å². The van der Waals surface area contributed by atoms with Crippen LogP contribution in [0.5, 0.6) is 0 Å². The number of benzene rings is 2. The van der Waals surface area contributed by atoms with Crippen LogP contribution in [0.2, 0.25) is 0 Å². The number of anilines is 2. The lowest BCUT2D eigenvalue weighted by atomic mass is 10.0. The molecule has 3 rings (SSSR count). The molecule has 1 heterocycles. The minimum Gasteiger partial charge on any atom is -0.312 e. The zero-order valence-electron chi connectivity index (χ0n) is 15.8. The van der Waals surface area contributed by atoms with Crippen LogP contribution in [0, 0.1) is 18.6 Å². The number of carbonyl (C=O) groups excluding carboxylic acids is 1. The maximum atomic E-state index is 13.7. The fraction of sp³-hybridized carbons (Fsp3) is 0.350. The van der Waals surface area contributed by atoms with E-state index in [0.717, 1.165) is 29.8 Å². The van der Waals surface area contributed by atoms with Gasteiger partial charge in [-0.25, -0.2) is 17.2 Å². The first-order chi connectivity index (χ1) is 13.2. The molecule has 150 valence electrons. The zero-order valence-corrected chi connectivity index (χ0v) is 16.6. The van der Waals surface area contributed by atoms with E-state index in [1.165, 1.54) is 6.92 Å². The molecule has 1 aliphatic rings. The van der Waals surface area contributed by atoms with Gasteiger partial charge in [-0.2, -0.15) is 0 Å². The number of rotatable bonds is 6. The van der Waals surface area contributed by atoms with E-state index in [1.54, 1.807) is 23.1 Å². The van der Waals surface area contributed by atoms with Gasteiger partial charge in [0.2, 0.25) is 15.9 Å². The van der Waals surface area contributed by atoms with Crippen LogP contribution in [0.1, 0.15) is 36.5 Å². The van der Waals surface area contributed by atoms with Crippen LogP contribution in [-0.2, 0) is 27.0 Å². The molecule has 0 aliphatic carbocycles. The first-order valence-corrected chi connectivity index (χ1v) is 10.7. The van der Waals surface area contributed by atoms with E-state index >= 15 is 0 Å². The number of carbonyl (C=O) groups is 1. The van der Waals surface area contributed by atoms with E-state index in [2.05, 4.69) is 4.72 Å². The topological polar surface area (TPSA) is 66.5 Å². The lowest BCUT2D eigenvalue weighted by molar-refractivity contribution is -0.118. The maximum absolute atomic E-state index is 13.7. The smallest absolute Gasteiger partial charge is 0.236 e. The van der Waals surface area contributed by atoms with E-state index in [1.807, 2.05) is 6.92 Å². The highest BCUT2D eigenvalue weighted by Crippen LogP contribution is 2.31. The van der Waals surface area contributed by atoms with Crippen molar-refractivity contribution in [1.29, 1.82) is 0 Å². The molecule has 0 aromatic heterocycles. The van der Waals surface area contributed by atoms with Gasteiger partial charge in [0.1, 0.15) is 11.6 Å². The molecular formula is C20H22F2N2O3S. The first-order valence-electron chi connectivity index (χ1n) is 9.08. The first kappa shape index (κ1) is 20.3. The van der Waals surface area contributed by atoms with Crippen LogP contribution in [0.3, 0.4) is 0 Å². The Morgan fingerprint density at radius 3 is 2.43 bits per heavy atom. The Hall–Kier alpha value is -2.48. The molecule has 0 atom stereocenters. The highest BCUT2D eigenvalue weighted by molar-refractivity contribution is 7.91. The number of nitrogens with one attached hydrogen (secondary N) is 1. The summed E-state index contributed by atoms with van der Waals surface area (Å²) in [5.41, 5.74) is 1.93. The Morgan fingerprint density at radius 2 is 1.79 bits per heavy atom. The van der Waals surface area contributed by atoms with Crippen molar-refractivity contribution in [2.75, 3.05) is 16.2 Å². The summed E-state index contributed by atoms with van der Waals surface area (Å²) in [4.78, 5) is 13.8. The summed E-state index contributed by atoms with van der Waals surface area (Å²) < 4.78 is 54.7. The van der Waals surface area contributed by atoms with Gasteiger partial charge in [-0.05, 0) is 61.2 Å². The van der Waals surface area contributed by atoms with E-state index in [-0.39, 0.29) is 17.0 Å². The number of aryl methyl sites for hydroxylation is 1. The molecule has 0 radical (unpaired) electrons. The molecule has 28 heavy (non-hydrogen) atoms. The number of sulfonamides is 1. The third-order valence-electron chi connectivity index (χ3n) is 4.70. The summed E-state index contributed by atoms with van der Waals surface area (Å²) in [6, 6.07) is 7.08. The maximum Gasteiger partial charge on any atom is 0.236 e. The second kappa shape index (κ2) is 7.87. The molecule has 1 amide bonds. The molecule has 5 nitrogen and oxygen atoms in total. The van der Waals surface area contributed by atoms with Crippen LogP contribution in [0.25, 0.3) is 0 Å². The molecule has 0 bridgehead atoms. The zero-order chi connectivity index (χ0) is 20.5. The van der Waals surface area contributed by atoms with E-state index in [0.29, 0.717) is 25.1 Å². The van der Waals surface area contributed by atoms with Crippen molar-refractivity contribution < 1.29 is 22.0 Å². The van der Waals surface area contributed by atoms with Crippen molar-refractivity contribution in [3.8, 4) is 0 Å². The Balaban J connectivity index is 1.81. The van der Waals surface area contributed by atoms with Crippen LogP contribution >= 0.6 is 0 Å².